The minimum absolute atomic E-state index is 0.0723. The molecule has 0 aliphatic heterocycles. The Kier molecular flexibility index (Phi) is 6.03. The maximum absolute atomic E-state index is 11.7. The number of rotatable bonds is 8. The largest absolute Gasteiger partial charge is 0.507 e. The van der Waals surface area contributed by atoms with Gasteiger partial charge in [0, 0.05) is 19.0 Å². The summed E-state index contributed by atoms with van der Waals surface area (Å²) in [4.78, 5) is 11.7. The minimum Gasteiger partial charge on any atom is -0.507 e. The molecule has 28 heavy (non-hydrogen) atoms. The molecule has 146 valence electrons. The molecule has 0 bridgehead atoms. The number of hydrogen-bond acceptors (Lipinski definition) is 6. The van der Waals surface area contributed by atoms with E-state index in [4.69, 9.17) is 4.74 Å². The van der Waals surface area contributed by atoms with Crippen molar-refractivity contribution in [1.29, 1.82) is 0 Å². The van der Waals surface area contributed by atoms with Crippen molar-refractivity contribution < 1.29 is 14.6 Å². The lowest BCUT2D eigenvalue weighted by Crippen LogP contribution is -2.04. The number of phenolic OH excluding ortho intramolecular Hbond substituents is 1. The van der Waals surface area contributed by atoms with E-state index in [1.54, 1.807) is 10.7 Å². The monoisotopic (exact) mass is 380 g/mol. The first kappa shape index (κ1) is 19.5. The molecule has 0 aliphatic carbocycles. The first-order chi connectivity index (χ1) is 13.5. The number of tetrazole rings is 1. The van der Waals surface area contributed by atoms with Gasteiger partial charge in [-0.15, -0.1) is 5.10 Å². The molecule has 0 fully saturated rings. The Balaban J connectivity index is 1.70. The fourth-order valence-electron chi connectivity index (χ4n) is 3.07. The molecule has 3 aromatic rings. The van der Waals surface area contributed by atoms with Crippen LogP contribution in [0.1, 0.15) is 53.1 Å². The summed E-state index contributed by atoms with van der Waals surface area (Å²) in [6.45, 7) is 3.82. The lowest BCUT2D eigenvalue weighted by atomic mass is 9.97. The van der Waals surface area contributed by atoms with Crippen molar-refractivity contribution in [2.75, 3.05) is 0 Å². The van der Waals surface area contributed by atoms with E-state index >= 15 is 0 Å². The van der Waals surface area contributed by atoms with E-state index in [9.17, 15) is 9.90 Å². The average Bonchev–Trinajstić information content (AvgIpc) is 3.08. The fourth-order valence-corrected chi connectivity index (χ4v) is 3.07. The number of aryl methyl sites for hydroxylation is 1. The number of ether oxygens (including phenoxy) is 1. The lowest BCUT2D eigenvalue weighted by molar-refractivity contribution is 0.101. The standard InChI is InChI=1S/C21H24N4O3/c1-4-5-19-16(8-11-18(14(2)26)21(19)27)13-28-17-9-6-15(7-10-17)12-20-22-23-24-25(20)3/h6-11,27H,4-5,12-13H2,1-3H3. The third kappa shape index (κ3) is 4.36. The van der Waals surface area contributed by atoms with Gasteiger partial charge in [-0.25, -0.2) is 4.68 Å². The normalized spacial score (nSPS) is 10.8. The van der Waals surface area contributed by atoms with Crippen molar-refractivity contribution in [2.24, 2.45) is 7.05 Å². The smallest absolute Gasteiger partial charge is 0.163 e. The van der Waals surface area contributed by atoms with Gasteiger partial charge in [0.05, 0.1) is 5.56 Å². The number of phenols is 1. The van der Waals surface area contributed by atoms with Crippen molar-refractivity contribution in [1.82, 2.24) is 20.2 Å². The minimum atomic E-state index is -0.143. The topological polar surface area (TPSA) is 90.1 Å². The van der Waals surface area contributed by atoms with Gasteiger partial charge < -0.3 is 9.84 Å². The lowest BCUT2D eigenvalue weighted by Gasteiger charge is -2.14. The van der Waals surface area contributed by atoms with Crippen LogP contribution in [0, 0.1) is 0 Å². The van der Waals surface area contributed by atoms with Gasteiger partial charge in [0.25, 0.3) is 0 Å². The molecule has 0 saturated heterocycles. The highest BCUT2D eigenvalue weighted by Gasteiger charge is 2.15. The quantitative estimate of drug-likeness (QED) is 0.604. The van der Waals surface area contributed by atoms with Gasteiger partial charge in [-0.05, 0) is 53.1 Å². The second kappa shape index (κ2) is 8.65. The molecule has 2 aromatic carbocycles. The number of carbonyl (C=O) groups excluding carboxylic acids is 1. The van der Waals surface area contributed by atoms with Crippen molar-refractivity contribution in [2.45, 2.75) is 39.7 Å². The zero-order valence-electron chi connectivity index (χ0n) is 16.3. The van der Waals surface area contributed by atoms with E-state index < -0.39 is 0 Å². The van der Waals surface area contributed by atoms with Gasteiger partial charge in [-0.1, -0.05) is 31.5 Å². The van der Waals surface area contributed by atoms with E-state index in [1.165, 1.54) is 6.92 Å². The number of nitrogens with zero attached hydrogens (tertiary/aromatic N) is 4. The second-order valence-corrected chi connectivity index (χ2v) is 6.73. The van der Waals surface area contributed by atoms with E-state index in [-0.39, 0.29) is 11.5 Å². The van der Waals surface area contributed by atoms with Crippen LogP contribution in [-0.4, -0.2) is 31.1 Å². The number of benzene rings is 2. The molecule has 0 radical (unpaired) electrons. The molecule has 7 heteroatoms. The number of carbonyl (C=O) groups is 1. The zero-order chi connectivity index (χ0) is 20.1. The van der Waals surface area contributed by atoms with E-state index in [0.29, 0.717) is 25.0 Å². The molecule has 3 rings (SSSR count). The first-order valence-corrected chi connectivity index (χ1v) is 9.27. The molecule has 1 heterocycles. The summed E-state index contributed by atoms with van der Waals surface area (Å²) < 4.78 is 7.56. The first-order valence-electron chi connectivity index (χ1n) is 9.27. The summed E-state index contributed by atoms with van der Waals surface area (Å²) in [5.41, 5.74) is 3.11. The predicted molar refractivity (Wildman–Crippen MR) is 104 cm³/mol. The van der Waals surface area contributed by atoms with Crippen molar-refractivity contribution in [3.8, 4) is 11.5 Å². The highest BCUT2D eigenvalue weighted by atomic mass is 16.5. The van der Waals surface area contributed by atoms with E-state index in [0.717, 1.165) is 34.7 Å². The Hall–Kier alpha value is -3.22. The molecule has 1 aromatic heterocycles. The molecule has 0 unspecified atom stereocenters. The van der Waals surface area contributed by atoms with Crippen LogP contribution in [0.2, 0.25) is 0 Å². The number of ketones is 1. The summed E-state index contributed by atoms with van der Waals surface area (Å²) >= 11 is 0. The highest BCUT2D eigenvalue weighted by molar-refractivity contribution is 5.97. The van der Waals surface area contributed by atoms with Crippen LogP contribution in [0.3, 0.4) is 0 Å². The highest BCUT2D eigenvalue weighted by Crippen LogP contribution is 2.29. The summed E-state index contributed by atoms with van der Waals surface area (Å²) in [5.74, 6) is 1.45. The van der Waals surface area contributed by atoms with Crippen LogP contribution in [0.4, 0.5) is 0 Å². The maximum Gasteiger partial charge on any atom is 0.163 e. The van der Waals surface area contributed by atoms with Crippen LogP contribution in [-0.2, 0) is 26.5 Å². The maximum atomic E-state index is 11.7. The number of aromatic nitrogens is 4. The average molecular weight is 380 g/mol. The number of aromatic hydroxyl groups is 1. The Morgan fingerprint density at radius 3 is 2.54 bits per heavy atom. The van der Waals surface area contributed by atoms with Gasteiger partial charge in [-0.3, -0.25) is 4.79 Å². The van der Waals surface area contributed by atoms with Gasteiger partial charge in [0.2, 0.25) is 0 Å². The molecule has 7 nitrogen and oxygen atoms in total. The van der Waals surface area contributed by atoms with Crippen LogP contribution < -0.4 is 4.74 Å². The van der Waals surface area contributed by atoms with Crippen molar-refractivity contribution >= 4 is 5.78 Å². The zero-order valence-corrected chi connectivity index (χ0v) is 16.3. The Labute approximate surface area is 164 Å². The number of hydrogen-bond donors (Lipinski definition) is 1. The summed E-state index contributed by atoms with van der Waals surface area (Å²) in [5, 5.41) is 21.9. The fraction of sp³-hybridized carbons (Fsp3) is 0.333. The molecule has 0 spiro atoms. The summed E-state index contributed by atoms with van der Waals surface area (Å²) in [7, 11) is 1.81. The molecular formula is C21H24N4O3. The Morgan fingerprint density at radius 1 is 1.18 bits per heavy atom. The van der Waals surface area contributed by atoms with Crippen molar-refractivity contribution in [3.63, 3.8) is 0 Å². The SMILES string of the molecule is CCCc1c(COc2ccc(Cc3nnnn3C)cc2)ccc(C(C)=O)c1O. The van der Waals surface area contributed by atoms with Crippen molar-refractivity contribution in [3.05, 3.63) is 64.5 Å². The third-order valence-corrected chi connectivity index (χ3v) is 4.65. The van der Waals surface area contributed by atoms with Crippen LogP contribution in [0.5, 0.6) is 11.5 Å². The second-order valence-electron chi connectivity index (χ2n) is 6.73. The third-order valence-electron chi connectivity index (χ3n) is 4.65. The van der Waals surface area contributed by atoms with Gasteiger partial charge in [-0.2, -0.15) is 0 Å². The molecule has 0 atom stereocenters. The molecular weight excluding hydrogens is 356 g/mol. The van der Waals surface area contributed by atoms with E-state index in [2.05, 4.69) is 15.5 Å². The summed E-state index contributed by atoms with van der Waals surface area (Å²) in [6.07, 6.45) is 2.20. The number of Topliss-reactive ketones (excluding diaryl/α,β-unsaturated/α-hetero) is 1. The van der Waals surface area contributed by atoms with Gasteiger partial charge in [0.1, 0.15) is 18.1 Å². The van der Waals surface area contributed by atoms with Crippen LogP contribution in [0.15, 0.2) is 36.4 Å². The molecule has 0 amide bonds. The van der Waals surface area contributed by atoms with Gasteiger partial charge >= 0.3 is 0 Å². The van der Waals surface area contributed by atoms with Crippen LogP contribution >= 0.6 is 0 Å². The van der Waals surface area contributed by atoms with Gasteiger partial charge in [0.15, 0.2) is 11.6 Å². The Morgan fingerprint density at radius 2 is 1.93 bits per heavy atom. The summed E-state index contributed by atoms with van der Waals surface area (Å²) in [6, 6.07) is 11.3. The molecule has 1 N–H and O–H groups in total. The Bertz CT molecular complexity index is 964. The van der Waals surface area contributed by atoms with E-state index in [1.807, 2.05) is 44.3 Å². The predicted octanol–water partition coefficient (Wildman–Crippen LogP) is 3.24. The van der Waals surface area contributed by atoms with Crippen LogP contribution in [0.25, 0.3) is 0 Å². The molecule has 0 saturated carbocycles. The molecule has 0 aliphatic rings.